The van der Waals surface area contributed by atoms with E-state index in [9.17, 15) is 15.0 Å². The van der Waals surface area contributed by atoms with E-state index < -0.39 is 6.09 Å². The van der Waals surface area contributed by atoms with Gasteiger partial charge in [0.1, 0.15) is 0 Å². The van der Waals surface area contributed by atoms with Crippen molar-refractivity contribution >= 4 is 63.9 Å². The molecule has 128 valence electrons. The fourth-order valence-corrected chi connectivity index (χ4v) is 2.62. The lowest BCUT2D eigenvalue weighted by Crippen LogP contribution is -2.18. The minimum absolute atomic E-state index is 0.00991. The van der Waals surface area contributed by atoms with Gasteiger partial charge in [0.15, 0.2) is 18.2 Å². The van der Waals surface area contributed by atoms with Gasteiger partial charge in [-0.1, -0.05) is 46.4 Å². The molecule has 2 rings (SSSR count). The summed E-state index contributed by atoms with van der Waals surface area (Å²) in [6, 6.07) is 5.47. The van der Waals surface area contributed by atoms with Crippen LogP contribution in [0.15, 0.2) is 24.3 Å². The van der Waals surface area contributed by atoms with Gasteiger partial charge in [0.05, 0.1) is 20.1 Å². The predicted molar refractivity (Wildman–Crippen MR) is 94.8 cm³/mol. The zero-order chi connectivity index (χ0) is 17.9. The maximum Gasteiger partial charge on any atom is 0.413 e. The third-order valence-corrected chi connectivity index (χ3v) is 3.91. The highest BCUT2D eigenvalue weighted by atomic mass is 35.5. The third-order valence-electron chi connectivity index (χ3n) is 2.76. The van der Waals surface area contributed by atoms with Crippen LogP contribution in [0.5, 0.6) is 11.5 Å². The van der Waals surface area contributed by atoms with Crippen LogP contribution in [0, 0.1) is 0 Å². The number of halogens is 4. The van der Waals surface area contributed by atoms with Crippen molar-refractivity contribution in [3.8, 4) is 11.5 Å². The van der Waals surface area contributed by atoms with Gasteiger partial charge >= 0.3 is 6.09 Å². The summed E-state index contributed by atoms with van der Waals surface area (Å²) in [5, 5.41) is 24.1. The van der Waals surface area contributed by atoms with Crippen LogP contribution in [0.3, 0.4) is 0 Å². The quantitative estimate of drug-likeness (QED) is 0.403. The number of anilines is 2. The molecule has 0 atom stereocenters. The molecule has 0 spiro atoms. The number of rotatable bonds is 4. The molecule has 0 radical (unpaired) electrons. The predicted octanol–water partition coefficient (Wildman–Crippen LogP) is 5.33. The van der Waals surface area contributed by atoms with E-state index in [0.717, 1.165) is 0 Å². The Morgan fingerprint density at radius 1 is 0.875 bits per heavy atom. The molecule has 0 unspecified atom stereocenters. The first-order chi connectivity index (χ1) is 11.3. The SMILES string of the molecule is O=C(Nc1cc(Cl)c(O)c(Cl)c1)OCNc1cc(Cl)c(O)c(Cl)c1. The summed E-state index contributed by atoms with van der Waals surface area (Å²) < 4.78 is 4.91. The van der Waals surface area contributed by atoms with Crippen LogP contribution < -0.4 is 10.6 Å². The van der Waals surface area contributed by atoms with E-state index in [1.807, 2.05) is 0 Å². The fourth-order valence-electron chi connectivity index (χ4n) is 1.64. The number of carbonyl (C=O) groups is 1. The number of hydrogen-bond donors (Lipinski definition) is 4. The lowest BCUT2D eigenvalue weighted by atomic mass is 10.3. The summed E-state index contributed by atoms with van der Waals surface area (Å²) in [5.74, 6) is -0.511. The number of hydrogen-bond acceptors (Lipinski definition) is 5. The second-order valence-corrected chi connectivity index (χ2v) is 6.08. The van der Waals surface area contributed by atoms with Crippen molar-refractivity contribution in [1.29, 1.82) is 0 Å². The number of carbonyl (C=O) groups excluding carboxylic acids is 1. The van der Waals surface area contributed by atoms with E-state index in [1.54, 1.807) is 0 Å². The highest BCUT2D eigenvalue weighted by Gasteiger charge is 2.10. The van der Waals surface area contributed by atoms with Crippen LogP contribution in [-0.2, 0) is 4.74 Å². The van der Waals surface area contributed by atoms with E-state index >= 15 is 0 Å². The van der Waals surface area contributed by atoms with Gasteiger partial charge in [-0.2, -0.15) is 0 Å². The molecule has 0 aliphatic heterocycles. The Morgan fingerprint density at radius 3 is 1.75 bits per heavy atom. The molecule has 1 amide bonds. The van der Waals surface area contributed by atoms with E-state index in [0.29, 0.717) is 5.69 Å². The van der Waals surface area contributed by atoms with Gasteiger partial charge in [-0.3, -0.25) is 5.32 Å². The molecule has 2 aromatic carbocycles. The average Bonchev–Trinajstić information content (AvgIpc) is 2.50. The fraction of sp³-hybridized carbons (Fsp3) is 0.0714. The number of ether oxygens (including phenoxy) is 1. The molecule has 0 aromatic heterocycles. The van der Waals surface area contributed by atoms with Crippen molar-refractivity contribution in [2.24, 2.45) is 0 Å². The molecule has 0 fully saturated rings. The van der Waals surface area contributed by atoms with Gasteiger partial charge in [0, 0.05) is 11.4 Å². The van der Waals surface area contributed by atoms with Gasteiger partial charge in [0.25, 0.3) is 0 Å². The van der Waals surface area contributed by atoms with Crippen LogP contribution in [0.4, 0.5) is 16.2 Å². The lowest BCUT2D eigenvalue weighted by molar-refractivity contribution is 0.170. The molecule has 0 saturated carbocycles. The Kier molecular flexibility index (Phi) is 6.12. The van der Waals surface area contributed by atoms with E-state index in [2.05, 4.69) is 10.6 Å². The van der Waals surface area contributed by atoms with Gasteiger partial charge in [-0.15, -0.1) is 0 Å². The van der Waals surface area contributed by atoms with Gasteiger partial charge < -0.3 is 20.3 Å². The second-order valence-electron chi connectivity index (χ2n) is 4.45. The summed E-state index contributed by atoms with van der Waals surface area (Å²) in [6.45, 7) is -0.192. The highest BCUT2D eigenvalue weighted by Crippen LogP contribution is 2.35. The highest BCUT2D eigenvalue weighted by molar-refractivity contribution is 6.38. The van der Waals surface area contributed by atoms with Crippen molar-refractivity contribution in [1.82, 2.24) is 0 Å². The van der Waals surface area contributed by atoms with Crippen molar-refractivity contribution in [2.45, 2.75) is 0 Å². The molecular formula is C14H10Cl4N2O4. The first-order valence-electron chi connectivity index (χ1n) is 6.31. The van der Waals surface area contributed by atoms with Gasteiger partial charge in [-0.25, -0.2) is 4.79 Å². The lowest BCUT2D eigenvalue weighted by Gasteiger charge is -2.11. The molecular weight excluding hydrogens is 402 g/mol. The van der Waals surface area contributed by atoms with Crippen LogP contribution in [0.2, 0.25) is 20.1 Å². The summed E-state index contributed by atoms with van der Waals surface area (Å²) in [5.41, 5.74) is 0.704. The Labute approximate surface area is 156 Å². The largest absolute Gasteiger partial charge is 0.505 e. The topological polar surface area (TPSA) is 90.8 Å². The van der Waals surface area contributed by atoms with E-state index in [-0.39, 0.29) is 44.0 Å². The number of amides is 1. The van der Waals surface area contributed by atoms with Gasteiger partial charge in [0.2, 0.25) is 0 Å². The standard InChI is InChI=1S/C14H10Cl4N2O4/c15-8-1-6(2-9(16)12(8)21)19-5-24-14(23)20-7-3-10(17)13(22)11(18)4-7/h1-4,19,21-22H,5H2,(H,20,23). The number of phenolic OH excluding ortho intramolecular Hbond substituents is 2. The maximum absolute atomic E-state index is 11.7. The molecule has 2 aromatic rings. The Bertz CT molecular complexity index is 739. The summed E-state index contributed by atoms with van der Waals surface area (Å²) in [6.07, 6.45) is -0.781. The third kappa shape index (κ3) is 4.64. The molecule has 0 aliphatic carbocycles. The van der Waals surface area contributed by atoms with Crippen molar-refractivity contribution < 1.29 is 19.7 Å². The molecule has 0 bridgehead atoms. The zero-order valence-corrected chi connectivity index (χ0v) is 14.8. The number of benzene rings is 2. The molecule has 0 heterocycles. The summed E-state index contributed by atoms with van der Waals surface area (Å²) in [4.78, 5) is 11.7. The van der Waals surface area contributed by atoms with Crippen molar-refractivity contribution in [2.75, 3.05) is 17.4 Å². The average molecular weight is 412 g/mol. The molecule has 4 N–H and O–H groups in total. The minimum atomic E-state index is -0.781. The van der Waals surface area contributed by atoms with E-state index in [4.69, 9.17) is 51.1 Å². The molecule has 0 saturated heterocycles. The van der Waals surface area contributed by atoms with Crippen molar-refractivity contribution in [3.63, 3.8) is 0 Å². The second kappa shape index (κ2) is 7.90. The maximum atomic E-state index is 11.7. The minimum Gasteiger partial charge on any atom is -0.505 e. The monoisotopic (exact) mass is 410 g/mol. The Morgan fingerprint density at radius 2 is 1.29 bits per heavy atom. The Hall–Kier alpha value is -1.73. The normalized spacial score (nSPS) is 10.3. The Balaban J connectivity index is 1.90. The zero-order valence-electron chi connectivity index (χ0n) is 11.7. The van der Waals surface area contributed by atoms with Crippen LogP contribution >= 0.6 is 46.4 Å². The van der Waals surface area contributed by atoms with Gasteiger partial charge in [-0.05, 0) is 24.3 Å². The smallest absolute Gasteiger partial charge is 0.413 e. The first-order valence-corrected chi connectivity index (χ1v) is 7.82. The molecule has 10 heteroatoms. The van der Waals surface area contributed by atoms with Crippen LogP contribution in [0.25, 0.3) is 0 Å². The van der Waals surface area contributed by atoms with Crippen LogP contribution in [-0.4, -0.2) is 23.0 Å². The molecule has 0 aliphatic rings. The summed E-state index contributed by atoms with van der Waals surface area (Å²) >= 11 is 23.0. The van der Waals surface area contributed by atoms with E-state index in [1.165, 1.54) is 24.3 Å². The number of aromatic hydroxyl groups is 2. The molecule has 24 heavy (non-hydrogen) atoms. The van der Waals surface area contributed by atoms with Crippen LogP contribution in [0.1, 0.15) is 0 Å². The molecule has 6 nitrogen and oxygen atoms in total. The summed E-state index contributed by atoms with van der Waals surface area (Å²) in [7, 11) is 0. The number of nitrogens with one attached hydrogen (secondary N) is 2. The first kappa shape index (κ1) is 18.6. The van der Waals surface area contributed by atoms with Crippen molar-refractivity contribution in [3.05, 3.63) is 44.4 Å². The number of phenols is 2.